The lowest BCUT2D eigenvalue weighted by atomic mass is 10.1. The number of rotatable bonds is 4. The fraction of sp³-hybridized carbons (Fsp3) is 0.150. The first-order chi connectivity index (χ1) is 12.0. The molecule has 0 unspecified atom stereocenters. The molecule has 0 radical (unpaired) electrons. The predicted molar refractivity (Wildman–Crippen MR) is 100 cm³/mol. The minimum absolute atomic E-state index is 0.273. The fourth-order valence-corrected chi connectivity index (χ4v) is 2.60. The number of aryl methyl sites for hydroxylation is 3. The molecule has 126 valence electrons. The van der Waals surface area contributed by atoms with Crippen molar-refractivity contribution in [2.24, 2.45) is 0 Å². The number of amides is 1. The van der Waals surface area contributed by atoms with E-state index in [-0.39, 0.29) is 11.6 Å². The summed E-state index contributed by atoms with van der Waals surface area (Å²) in [6.07, 6.45) is 3.03. The molecule has 5 heteroatoms. The molecule has 0 bridgehead atoms. The summed E-state index contributed by atoms with van der Waals surface area (Å²) in [7, 11) is 0. The van der Waals surface area contributed by atoms with E-state index in [1.54, 1.807) is 6.20 Å². The normalized spacial score (nSPS) is 10.4. The quantitative estimate of drug-likeness (QED) is 0.743. The zero-order valence-corrected chi connectivity index (χ0v) is 14.5. The summed E-state index contributed by atoms with van der Waals surface area (Å²) in [5, 5.41) is 6.05. The third kappa shape index (κ3) is 4.20. The molecule has 0 saturated carbocycles. The topological polar surface area (TPSA) is 66.9 Å². The number of hydrogen-bond acceptors (Lipinski definition) is 4. The second-order valence-corrected chi connectivity index (χ2v) is 6.06. The van der Waals surface area contributed by atoms with Crippen molar-refractivity contribution >= 4 is 23.1 Å². The summed E-state index contributed by atoms with van der Waals surface area (Å²) in [4.78, 5) is 20.8. The Bertz CT molecular complexity index is 884. The Morgan fingerprint density at radius 3 is 2.28 bits per heavy atom. The van der Waals surface area contributed by atoms with Gasteiger partial charge in [0.2, 0.25) is 0 Å². The van der Waals surface area contributed by atoms with E-state index in [0.717, 1.165) is 28.1 Å². The molecule has 0 spiro atoms. The Morgan fingerprint density at radius 2 is 1.64 bits per heavy atom. The first-order valence-corrected chi connectivity index (χ1v) is 8.05. The monoisotopic (exact) mass is 332 g/mol. The number of nitrogens with one attached hydrogen (secondary N) is 2. The van der Waals surface area contributed by atoms with Crippen LogP contribution in [0.2, 0.25) is 0 Å². The second kappa shape index (κ2) is 7.13. The van der Waals surface area contributed by atoms with Gasteiger partial charge in [-0.25, -0.2) is 9.97 Å². The lowest BCUT2D eigenvalue weighted by molar-refractivity contribution is 0.102. The maximum absolute atomic E-state index is 12.3. The van der Waals surface area contributed by atoms with Crippen molar-refractivity contribution in [2.75, 3.05) is 10.6 Å². The van der Waals surface area contributed by atoms with Crippen molar-refractivity contribution in [1.29, 1.82) is 0 Å². The highest BCUT2D eigenvalue weighted by molar-refractivity contribution is 6.02. The summed E-state index contributed by atoms with van der Waals surface area (Å²) >= 11 is 0. The Hall–Kier alpha value is -3.21. The molecule has 2 N–H and O–H groups in total. The van der Waals surface area contributed by atoms with Crippen LogP contribution in [0.5, 0.6) is 0 Å². The van der Waals surface area contributed by atoms with Gasteiger partial charge in [0.1, 0.15) is 11.5 Å². The number of anilines is 3. The van der Waals surface area contributed by atoms with Crippen LogP contribution in [0, 0.1) is 20.8 Å². The van der Waals surface area contributed by atoms with E-state index in [1.165, 1.54) is 6.20 Å². The van der Waals surface area contributed by atoms with Crippen molar-refractivity contribution < 1.29 is 4.79 Å². The third-order valence-electron chi connectivity index (χ3n) is 3.77. The average Bonchev–Trinajstić information content (AvgIpc) is 2.56. The van der Waals surface area contributed by atoms with E-state index in [9.17, 15) is 4.79 Å². The van der Waals surface area contributed by atoms with Crippen LogP contribution in [-0.4, -0.2) is 15.9 Å². The van der Waals surface area contributed by atoms with Crippen molar-refractivity contribution in [3.63, 3.8) is 0 Å². The minimum Gasteiger partial charge on any atom is -0.339 e. The van der Waals surface area contributed by atoms with Crippen LogP contribution >= 0.6 is 0 Å². The molecule has 0 fully saturated rings. The lowest BCUT2D eigenvalue weighted by Gasteiger charge is -2.09. The maximum atomic E-state index is 12.3. The van der Waals surface area contributed by atoms with Crippen LogP contribution in [0.15, 0.2) is 54.9 Å². The number of benzene rings is 2. The molecular weight excluding hydrogens is 312 g/mol. The van der Waals surface area contributed by atoms with E-state index in [0.29, 0.717) is 5.82 Å². The highest BCUT2D eigenvalue weighted by Crippen LogP contribution is 2.18. The highest BCUT2D eigenvalue weighted by atomic mass is 16.1. The van der Waals surface area contributed by atoms with Crippen LogP contribution in [0.4, 0.5) is 17.2 Å². The van der Waals surface area contributed by atoms with Gasteiger partial charge in [0.05, 0.1) is 12.4 Å². The van der Waals surface area contributed by atoms with Gasteiger partial charge in [0.15, 0.2) is 0 Å². The Labute approximate surface area is 147 Å². The zero-order valence-electron chi connectivity index (χ0n) is 14.5. The first-order valence-electron chi connectivity index (χ1n) is 8.05. The summed E-state index contributed by atoms with van der Waals surface area (Å²) in [6, 6.07) is 13.8. The summed E-state index contributed by atoms with van der Waals surface area (Å²) in [6.45, 7) is 6.00. The van der Waals surface area contributed by atoms with Gasteiger partial charge in [-0.2, -0.15) is 0 Å². The van der Waals surface area contributed by atoms with Gasteiger partial charge in [-0.15, -0.1) is 0 Å². The molecule has 0 atom stereocenters. The van der Waals surface area contributed by atoms with Crippen molar-refractivity contribution in [3.8, 4) is 0 Å². The number of hydrogen-bond donors (Lipinski definition) is 2. The van der Waals surface area contributed by atoms with Crippen LogP contribution < -0.4 is 10.6 Å². The van der Waals surface area contributed by atoms with Gasteiger partial charge < -0.3 is 10.6 Å². The molecule has 5 nitrogen and oxygen atoms in total. The lowest BCUT2D eigenvalue weighted by Crippen LogP contribution is -2.14. The largest absolute Gasteiger partial charge is 0.339 e. The molecule has 0 aliphatic carbocycles. The third-order valence-corrected chi connectivity index (χ3v) is 3.77. The SMILES string of the molecule is Cc1cc(C)cc(NC(=O)c2cnc(Nc3ccccc3C)cn2)c1. The molecule has 1 amide bonds. The van der Waals surface area contributed by atoms with E-state index in [2.05, 4.69) is 26.7 Å². The van der Waals surface area contributed by atoms with Crippen molar-refractivity contribution in [2.45, 2.75) is 20.8 Å². The number of carbonyl (C=O) groups excluding carboxylic acids is 1. The Kier molecular flexibility index (Phi) is 4.75. The Balaban J connectivity index is 1.71. The number of nitrogens with zero attached hydrogens (tertiary/aromatic N) is 2. The highest BCUT2D eigenvalue weighted by Gasteiger charge is 2.09. The molecule has 1 aromatic heterocycles. The average molecular weight is 332 g/mol. The van der Waals surface area contributed by atoms with Crippen LogP contribution in [0.25, 0.3) is 0 Å². The van der Waals surface area contributed by atoms with Crippen LogP contribution in [0.1, 0.15) is 27.2 Å². The molecule has 1 heterocycles. The molecule has 0 aliphatic rings. The van der Waals surface area contributed by atoms with E-state index in [1.807, 2.05) is 57.2 Å². The molecule has 3 aromatic rings. The van der Waals surface area contributed by atoms with Gasteiger partial charge in [0.25, 0.3) is 5.91 Å². The molecule has 3 rings (SSSR count). The van der Waals surface area contributed by atoms with Crippen LogP contribution in [0.3, 0.4) is 0 Å². The maximum Gasteiger partial charge on any atom is 0.275 e. The van der Waals surface area contributed by atoms with Gasteiger partial charge in [-0.05, 0) is 55.7 Å². The van der Waals surface area contributed by atoms with Gasteiger partial charge in [-0.1, -0.05) is 24.3 Å². The first kappa shape index (κ1) is 16.6. The van der Waals surface area contributed by atoms with Gasteiger partial charge >= 0.3 is 0 Å². The standard InChI is InChI=1S/C20H20N4O/c1-13-8-14(2)10-16(9-13)23-20(25)18-11-22-19(12-21-18)24-17-7-5-4-6-15(17)3/h4-12H,1-3H3,(H,22,24)(H,23,25). The molecule has 0 saturated heterocycles. The van der Waals surface area contributed by atoms with Crippen molar-refractivity contribution in [3.05, 3.63) is 77.2 Å². The summed E-state index contributed by atoms with van der Waals surface area (Å²) in [5.74, 6) is 0.317. The van der Waals surface area contributed by atoms with E-state index < -0.39 is 0 Å². The number of aromatic nitrogens is 2. The minimum atomic E-state index is -0.278. The van der Waals surface area contributed by atoms with Crippen LogP contribution in [-0.2, 0) is 0 Å². The molecule has 0 aliphatic heterocycles. The van der Waals surface area contributed by atoms with E-state index in [4.69, 9.17) is 0 Å². The van der Waals surface area contributed by atoms with Gasteiger partial charge in [-0.3, -0.25) is 4.79 Å². The number of carbonyl (C=O) groups is 1. The van der Waals surface area contributed by atoms with E-state index >= 15 is 0 Å². The number of para-hydroxylation sites is 1. The molecular formula is C20H20N4O. The second-order valence-electron chi connectivity index (χ2n) is 6.06. The smallest absolute Gasteiger partial charge is 0.275 e. The van der Waals surface area contributed by atoms with Crippen molar-refractivity contribution in [1.82, 2.24) is 9.97 Å². The Morgan fingerprint density at radius 1 is 0.920 bits per heavy atom. The summed E-state index contributed by atoms with van der Waals surface area (Å²) in [5.41, 5.74) is 5.30. The van der Waals surface area contributed by atoms with Gasteiger partial charge in [0, 0.05) is 11.4 Å². The predicted octanol–water partition coefficient (Wildman–Crippen LogP) is 4.40. The fourth-order valence-electron chi connectivity index (χ4n) is 2.60. The molecule has 25 heavy (non-hydrogen) atoms. The molecule has 2 aromatic carbocycles. The zero-order chi connectivity index (χ0) is 17.8. The summed E-state index contributed by atoms with van der Waals surface area (Å²) < 4.78 is 0.